The number of nitrogens with one attached hydrogen (secondary N) is 1. The molecule has 6 heteroatoms. The maximum absolute atomic E-state index is 11.0. The second-order valence-corrected chi connectivity index (χ2v) is 3.14. The Morgan fingerprint density at radius 1 is 1.54 bits per heavy atom. The SMILES string of the molecule is COC(=O)C1NC(O)C(C)C1(O)O. The van der Waals surface area contributed by atoms with Crippen LogP contribution in [0.4, 0.5) is 0 Å². The van der Waals surface area contributed by atoms with Crippen molar-refractivity contribution in [2.75, 3.05) is 7.11 Å². The highest BCUT2D eigenvalue weighted by molar-refractivity contribution is 5.77. The van der Waals surface area contributed by atoms with Crippen molar-refractivity contribution in [1.29, 1.82) is 0 Å². The number of ether oxygens (including phenoxy) is 1. The van der Waals surface area contributed by atoms with Crippen LogP contribution in [0.2, 0.25) is 0 Å². The van der Waals surface area contributed by atoms with Crippen molar-refractivity contribution in [2.45, 2.75) is 25.0 Å². The zero-order valence-corrected chi connectivity index (χ0v) is 7.39. The Kier molecular flexibility index (Phi) is 2.58. The van der Waals surface area contributed by atoms with E-state index in [1.807, 2.05) is 0 Å². The number of rotatable bonds is 1. The van der Waals surface area contributed by atoms with Gasteiger partial charge in [-0.15, -0.1) is 0 Å². The molecule has 1 heterocycles. The van der Waals surface area contributed by atoms with E-state index in [0.717, 1.165) is 7.11 Å². The first-order valence-electron chi connectivity index (χ1n) is 3.88. The molecule has 1 rings (SSSR count). The van der Waals surface area contributed by atoms with Crippen molar-refractivity contribution >= 4 is 5.97 Å². The average Bonchev–Trinajstić information content (AvgIpc) is 2.28. The fourth-order valence-electron chi connectivity index (χ4n) is 1.29. The van der Waals surface area contributed by atoms with E-state index in [1.54, 1.807) is 0 Å². The summed E-state index contributed by atoms with van der Waals surface area (Å²) in [6.45, 7) is 1.42. The van der Waals surface area contributed by atoms with E-state index < -0.39 is 29.9 Å². The number of hydrogen-bond donors (Lipinski definition) is 4. The lowest BCUT2D eigenvalue weighted by molar-refractivity contribution is -0.206. The summed E-state index contributed by atoms with van der Waals surface area (Å²) in [6, 6.07) is -1.30. The number of hydrogen-bond acceptors (Lipinski definition) is 6. The molecule has 13 heavy (non-hydrogen) atoms. The molecule has 6 nitrogen and oxygen atoms in total. The highest BCUT2D eigenvalue weighted by Gasteiger charge is 2.54. The van der Waals surface area contributed by atoms with Crippen LogP contribution < -0.4 is 5.32 Å². The zero-order valence-electron chi connectivity index (χ0n) is 7.39. The molecule has 3 atom stereocenters. The molecule has 1 aliphatic heterocycles. The fraction of sp³-hybridized carbons (Fsp3) is 0.857. The molecule has 1 saturated heterocycles. The first-order valence-corrected chi connectivity index (χ1v) is 3.88. The normalized spacial score (nSPS) is 37.5. The summed E-state index contributed by atoms with van der Waals surface area (Å²) in [6.07, 6.45) is -1.13. The summed E-state index contributed by atoms with van der Waals surface area (Å²) in [5.41, 5.74) is 0. The zero-order chi connectivity index (χ0) is 10.2. The Morgan fingerprint density at radius 3 is 2.38 bits per heavy atom. The molecule has 0 aromatic carbocycles. The average molecular weight is 191 g/mol. The van der Waals surface area contributed by atoms with Crippen LogP contribution in [0.5, 0.6) is 0 Å². The molecule has 76 valence electrons. The van der Waals surface area contributed by atoms with Gasteiger partial charge in [0.1, 0.15) is 6.23 Å². The van der Waals surface area contributed by atoms with Crippen molar-refractivity contribution in [3.8, 4) is 0 Å². The van der Waals surface area contributed by atoms with Crippen LogP contribution in [0.3, 0.4) is 0 Å². The predicted molar refractivity (Wildman–Crippen MR) is 41.3 cm³/mol. The summed E-state index contributed by atoms with van der Waals surface area (Å²) in [4.78, 5) is 11.0. The van der Waals surface area contributed by atoms with Crippen LogP contribution in [-0.2, 0) is 9.53 Å². The van der Waals surface area contributed by atoms with E-state index in [4.69, 9.17) is 0 Å². The molecule has 4 N–H and O–H groups in total. The van der Waals surface area contributed by atoms with Crippen molar-refractivity contribution in [3.05, 3.63) is 0 Å². The van der Waals surface area contributed by atoms with Gasteiger partial charge >= 0.3 is 5.97 Å². The largest absolute Gasteiger partial charge is 0.468 e. The van der Waals surface area contributed by atoms with Crippen LogP contribution in [0, 0.1) is 5.92 Å². The number of carbonyl (C=O) groups is 1. The van der Waals surface area contributed by atoms with Crippen LogP contribution in [0.1, 0.15) is 6.92 Å². The maximum Gasteiger partial charge on any atom is 0.328 e. The number of esters is 1. The van der Waals surface area contributed by atoms with Gasteiger partial charge in [0.2, 0.25) is 0 Å². The summed E-state index contributed by atoms with van der Waals surface area (Å²) in [7, 11) is 1.13. The van der Waals surface area contributed by atoms with Crippen LogP contribution in [0.25, 0.3) is 0 Å². The smallest absolute Gasteiger partial charge is 0.328 e. The maximum atomic E-state index is 11.0. The molecule has 0 aromatic heterocycles. The lowest BCUT2D eigenvalue weighted by Gasteiger charge is -2.24. The van der Waals surface area contributed by atoms with E-state index in [1.165, 1.54) is 6.92 Å². The van der Waals surface area contributed by atoms with Crippen LogP contribution in [-0.4, -0.2) is 46.5 Å². The molecule has 1 fully saturated rings. The Labute approximate surface area is 75.1 Å². The van der Waals surface area contributed by atoms with E-state index in [2.05, 4.69) is 10.1 Å². The van der Waals surface area contributed by atoms with Crippen molar-refractivity contribution < 1.29 is 24.9 Å². The highest BCUT2D eigenvalue weighted by atomic mass is 16.5. The Bertz CT molecular complexity index is 217. The van der Waals surface area contributed by atoms with Crippen LogP contribution in [0.15, 0.2) is 0 Å². The monoisotopic (exact) mass is 191 g/mol. The summed E-state index contributed by atoms with van der Waals surface area (Å²) in [5.74, 6) is -3.93. The highest BCUT2D eigenvalue weighted by Crippen LogP contribution is 2.28. The molecule has 0 amide bonds. The van der Waals surface area contributed by atoms with Gasteiger partial charge in [0.05, 0.1) is 13.0 Å². The quantitative estimate of drug-likeness (QED) is 0.276. The van der Waals surface area contributed by atoms with Gasteiger partial charge in [-0.1, -0.05) is 6.92 Å². The van der Waals surface area contributed by atoms with Gasteiger partial charge in [-0.25, -0.2) is 0 Å². The van der Waals surface area contributed by atoms with E-state index >= 15 is 0 Å². The first-order chi connectivity index (χ1) is 5.91. The summed E-state index contributed by atoms with van der Waals surface area (Å²) < 4.78 is 4.33. The fourth-order valence-corrected chi connectivity index (χ4v) is 1.29. The molecule has 0 saturated carbocycles. The van der Waals surface area contributed by atoms with Gasteiger partial charge in [0, 0.05) is 0 Å². The first kappa shape index (κ1) is 10.4. The van der Waals surface area contributed by atoms with Crippen molar-refractivity contribution in [2.24, 2.45) is 5.92 Å². The minimum Gasteiger partial charge on any atom is -0.468 e. The number of carbonyl (C=O) groups excluding carboxylic acids is 1. The lowest BCUT2D eigenvalue weighted by atomic mass is 9.98. The molecule has 3 unspecified atom stereocenters. The third-order valence-electron chi connectivity index (χ3n) is 2.34. The molecule has 0 aromatic rings. The van der Waals surface area contributed by atoms with Gasteiger partial charge in [0.25, 0.3) is 0 Å². The number of aliphatic hydroxyl groups excluding tert-OH is 1. The van der Waals surface area contributed by atoms with Crippen LogP contribution >= 0.6 is 0 Å². The molecular formula is C7H13NO5. The van der Waals surface area contributed by atoms with Gasteiger partial charge in [-0.05, 0) is 0 Å². The molecular weight excluding hydrogens is 178 g/mol. The van der Waals surface area contributed by atoms with Gasteiger partial charge in [-0.3, -0.25) is 10.1 Å². The number of methoxy groups -OCH3 is 1. The minimum absolute atomic E-state index is 0.812. The molecule has 0 spiro atoms. The third kappa shape index (κ3) is 1.53. The van der Waals surface area contributed by atoms with E-state index in [0.29, 0.717) is 0 Å². The topological polar surface area (TPSA) is 99.0 Å². The number of aliphatic hydroxyl groups is 3. The molecule has 1 aliphatic rings. The lowest BCUT2D eigenvalue weighted by Crippen LogP contribution is -2.50. The second-order valence-electron chi connectivity index (χ2n) is 3.14. The third-order valence-corrected chi connectivity index (χ3v) is 2.34. The Hall–Kier alpha value is -0.690. The Morgan fingerprint density at radius 2 is 2.08 bits per heavy atom. The predicted octanol–water partition coefficient (Wildman–Crippen LogP) is -2.23. The second kappa shape index (κ2) is 3.22. The summed E-state index contributed by atoms with van der Waals surface area (Å²) in [5, 5.41) is 30.4. The van der Waals surface area contributed by atoms with E-state index in [9.17, 15) is 20.1 Å². The van der Waals surface area contributed by atoms with E-state index in [-0.39, 0.29) is 0 Å². The minimum atomic E-state index is -2.27. The standard InChI is InChI=1S/C7H13NO5/c1-3-5(9)8-4(6(10)13-2)7(3,11)12/h3-5,8-9,11-12H,1-2H3. The molecule has 0 radical (unpaired) electrons. The van der Waals surface area contributed by atoms with Gasteiger partial charge < -0.3 is 20.1 Å². The van der Waals surface area contributed by atoms with Gasteiger partial charge in [0.15, 0.2) is 11.8 Å². The van der Waals surface area contributed by atoms with Gasteiger partial charge in [-0.2, -0.15) is 0 Å². The molecule has 0 bridgehead atoms. The molecule has 0 aliphatic carbocycles. The summed E-state index contributed by atoms with van der Waals surface area (Å²) >= 11 is 0. The Balaban J connectivity index is 2.84. The van der Waals surface area contributed by atoms with Crippen molar-refractivity contribution in [3.63, 3.8) is 0 Å². The van der Waals surface area contributed by atoms with Crippen molar-refractivity contribution in [1.82, 2.24) is 5.32 Å².